The van der Waals surface area contributed by atoms with Crippen molar-refractivity contribution in [1.82, 2.24) is 0 Å². The third-order valence-corrected chi connectivity index (χ3v) is 12.8. The summed E-state index contributed by atoms with van der Waals surface area (Å²) in [6.07, 6.45) is 71.8. The van der Waals surface area contributed by atoms with Crippen LogP contribution in [0.5, 0.6) is 0 Å². The molecular formula is C71H106O12. The van der Waals surface area contributed by atoms with Crippen LogP contribution in [0.2, 0.25) is 0 Å². The van der Waals surface area contributed by atoms with Crippen molar-refractivity contribution in [2.75, 3.05) is 13.2 Å². The van der Waals surface area contributed by atoms with Gasteiger partial charge in [0.1, 0.15) is 18.8 Å². The fourth-order valence-corrected chi connectivity index (χ4v) is 8.14. The molecular weight excluding hydrogens is 1040 g/mol. The highest BCUT2D eigenvalue weighted by Crippen LogP contribution is 2.26. The van der Waals surface area contributed by atoms with E-state index in [1.807, 2.05) is 12.2 Å². The normalized spacial score (nSPS) is 18.8. The van der Waals surface area contributed by atoms with Crippen molar-refractivity contribution in [3.8, 4) is 0 Å². The third-order valence-electron chi connectivity index (χ3n) is 12.8. The Hall–Kier alpha value is -5.92. The highest BCUT2D eigenvalue weighted by Gasteiger charge is 2.50. The van der Waals surface area contributed by atoms with E-state index < -0.39 is 67.3 Å². The lowest BCUT2D eigenvalue weighted by Crippen LogP contribution is -2.61. The van der Waals surface area contributed by atoms with Crippen LogP contribution in [-0.2, 0) is 42.9 Å². The van der Waals surface area contributed by atoms with Gasteiger partial charge >= 0.3 is 23.9 Å². The van der Waals surface area contributed by atoms with E-state index in [1.54, 1.807) is 0 Å². The molecule has 0 saturated carbocycles. The first-order valence-corrected chi connectivity index (χ1v) is 31.1. The van der Waals surface area contributed by atoms with Gasteiger partial charge in [-0.1, -0.05) is 217 Å². The molecule has 0 aromatic heterocycles. The molecule has 0 amide bonds. The van der Waals surface area contributed by atoms with E-state index in [2.05, 4.69) is 179 Å². The largest absolute Gasteiger partial charge is 0.479 e. The van der Waals surface area contributed by atoms with Crippen LogP contribution >= 0.6 is 0 Å². The lowest BCUT2D eigenvalue weighted by atomic mass is 9.98. The molecule has 12 heteroatoms. The average molecular weight is 1150 g/mol. The Morgan fingerprint density at radius 3 is 1.13 bits per heavy atom. The summed E-state index contributed by atoms with van der Waals surface area (Å²) in [6, 6.07) is 0. The molecule has 12 nitrogen and oxygen atoms in total. The number of allylic oxidation sites excluding steroid dienone is 28. The minimum absolute atomic E-state index is 0.0115. The monoisotopic (exact) mass is 1150 g/mol. The number of aliphatic hydroxyl groups excluding tert-OH is 2. The summed E-state index contributed by atoms with van der Waals surface area (Å²) in [7, 11) is 0. The second-order valence-electron chi connectivity index (χ2n) is 20.2. The smallest absolute Gasteiger partial charge is 0.335 e. The average Bonchev–Trinajstić information content (AvgIpc) is 3.59. The summed E-state index contributed by atoms with van der Waals surface area (Å²) >= 11 is 0. The molecule has 1 saturated heterocycles. The molecule has 0 bridgehead atoms. The number of carboxylic acid groups (broad SMARTS) is 1. The first-order chi connectivity index (χ1) is 40.6. The Bertz CT molecular complexity index is 2090. The second-order valence-corrected chi connectivity index (χ2v) is 20.2. The van der Waals surface area contributed by atoms with Crippen LogP contribution < -0.4 is 0 Å². The predicted molar refractivity (Wildman–Crippen MR) is 339 cm³/mol. The van der Waals surface area contributed by atoms with E-state index in [4.69, 9.17) is 23.7 Å². The van der Waals surface area contributed by atoms with Crippen LogP contribution in [-0.4, -0.2) is 89.2 Å². The van der Waals surface area contributed by atoms with E-state index in [1.165, 1.54) is 0 Å². The van der Waals surface area contributed by atoms with Crippen LogP contribution in [0, 0.1) is 0 Å². The van der Waals surface area contributed by atoms with Crippen molar-refractivity contribution >= 4 is 23.9 Å². The summed E-state index contributed by atoms with van der Waals surface area (Å²) in [5, 5.41) is 31.6. The number of carbonyl (C=O) groups excluding carboxylic acids is 3. The zero-order chi connectivity index (χ0) is 60.3. The number of ether oxygens (including phenoxy) is 5. The number of carbonyl (C=O) groups is 4. The number of rotatable bonds is 50. The maximum Gasteiger partial charge on any atom is 0.335 e. The summed E-state index contributed by atoms with van der Waals surface area (Å²) < 4.78 is 28.4. The Morgan fingerprint density at radius 2 is 0.747 bits per heavy atom. The van der Waals surface area contributed by atoms with Crippen LogP contribution in [0.4, 0.5) is 0 Å². The van der Waals surface area contributed by atoms with Gasteiger partial charge in [-0.3, -0.25) is 14.4 Å². The number of hydrogen-bond acceptors (Lipinski definition) is 11. The molecule has 1 heterocycles. The maximum absolute atomic E-state index is 13.2. The molecule has 1 rings (SSSR count). The van der Waals surface area contributed by atoms with Gasteiger partial charge < -0.3 is 39.0 Å². The number of hydrogen-bond donors (Lipinski definition) is 3. The van der Waals surface area contributed by atoms with Gasteiger partial charge in [0.25, 0.3) is 0 Å². The van der Waals surface area contributed by atoms with Crippen molar-refractivity contribution in [2.45, 2.75) is 237 Å². The molecule has 1 aliphatic rings. The lowest BCUT2D eigenvalue weighted by molar-refractivity contribution is -0.301. The molecule has 83 heavy (non-hydrogen) atoms. The van der Waals surface area contributed by atoms with Gasteiger partial charge in [-0.05, 0) is 135 Å². The van der Waals surface area contributed by atoms with Gasteiger partial charge in [-0.25, -0.2) is 4.79 Å². The minimum Gasteiger partial charge on any atom is -0.479 e. The van der Waals surface area contributed by atoms with E-state index >= 15 is 0 Å². The highest BCUT2D eigenvalue weighted by atomic mass is 16.7. The molecule has 6 unspecified atom stereocenters. The van der Waals surface area contributed by atoms with Crippen molar-refractivity contribution in [1.29, 1.82) is 0 Å². The number of esters is 3. The molecule has 0 aliphatic carbocycles. The van der Waals surface area contributed by atoms with Gasteiger partial charge in [0.15, 0.2) is 24.6 Å². The maximum atomic E-state index is 13.2. The quantitative estimate of drug-likeness (QED) is 0.0228. The predicted octanol–water partition coefficient (Wildman–Crippen LogP) is 16.7. The first-order valence-electron chi connectivity index (χ1n) is 31.1. The van der Waals surface area contributed by atoms with E-state index in [9.17, 15) is 34.5 Å². The van der Waals surface area contributed by atoms with Gasteiger partial charge in [0.05, 0.1) is 6.61 Å². The van der Waals surface area contributed by atoms with Gasteiger partial charge in [-0.15, -0.1) is 0 Å². The SMILES string of the molecule is CC/C=C\C/C=C\C/C=C\C/C=C\C/C=C\C/C=C\CCC(=O)OCC(COC1OC(C(=O)O)C(O)C(O)C1OC(=O)CCCCCC/C=C\C/C=C\C/C=C\C/C=C\CC)OC(=O)CCCCCC/C=C\C/C=C\C/C=C\C/C=C\CC. The fourth-order valence-electron chi connectivity index (χ4n) is 8.14. The minimum atomic E-state index is -1.94. The summed E-state index contributed by atoms with van der Waals surface area (Å²) in [5.74, 6) is -3.33. The summed E-state index contributed by atoms with van der Waals surface area (Å²) in [6.45, 7) is 5.54. The Kier molecular flexibility index (Phi) is 51.2. The lowest BCUT2D eigenvalue weighted by Gasteiger charge is -2.40. The Labute approximate surface area is 500 Å². The first kappa shape index (κ1) is 75.1. The van der Waals surface area contributed by atoms with E-state index in [-0.39, 0.29) is 25.9 Å². The van der Waals surface area contributed by atoms with Gasteiger partial charge in [0.2, 0.25) is 0 Å². The standard InChI is InChI=1S/C71H106O12/c1-4-7-10-13-16-19-22-25-28-31-32-35-36-39-42-45-48-51-54-57-63(72)79-60-62(81-64(73)58-55-52-49-46-43-40-37-33-29-26-23-20-17-14-11-8-5-2)61-80-71-69(67(76)66(75)68(83-71)70(77)78)82-65(74)59-56-53-50-47-44-41-38-34-30-27-24-21-18-15-12-9-6-3/h7-12,16-21,25-30,32,35,37-42,48,51,62,66-69,71,75-76H,4-6,13-15,22-24,31,33-34,36,43-47,49-50,52-61H2,1-3H3,(H,77,78)/b10-7-,11-8-,12-9-,19-16-,20-17-,21-18-,28-25-,29-26-,30-27-,35-32-,40-37-,41-38-,42-39-,51-48-. The molecule has 0 aromatic rings. The van der Waals surface area contributed by atoms with E-state index in [0.717, 1.165) is 135 Å². The molecule has 3 N–H and O–H groups in total. The highest BCUT2D eigenvalue weighted by molar-refractivity contribution is 5.74. The van der Waals surface area contributed by atoms with Crippen LogP contribution in [0.3, 0.4) is 0 Å². The third kappa shape index (κ3) is 46.2. The molecule has 0 radical (unpaired) electrons. The van der Waals surface area contributed by atoms with Crippen LogP contribution in [0.1, 0.15) is 201 Å². The Morgan fingerprint density at radius 1 is 0.398 bits per heavy atom. The molecule has 1 fully saturated rings. The van der Waals surface area contributed by atoms with Crippen LogP contribution in [0.25, 0.3) is 0 Å². The number of aliphatic hydroxyl groups is 2. The van der Waals surface area contributed by atoms with Crippen LogP contribution in [0.15, 0.2) is 170 Å². The van der Waals surface area contributed by atoms with E-state index in [0.29, 0.717) is 25.7 Å². The fraction of sp³-hybridized carbons (Fsp3) is 0.549. The molecule has 0 aromatic carbocycles. The topological polar surface area (TPSA) is 175 Å². The van der Waals surface area contributed by atoms with Crippen molar-refractivity contribution in [3.63, 3.8) is 0 Å². The summed E-state index contributed by atoms with van der Waals surface area (Å²) in [4.78, 5) is 51.3. The molecule has 0 spiro atoms. The number of aliphatic carboxylic acids is 1. The van der Waals surface area contributed by atoms with Crippen molar-refractivity contribution < 1.29 is 58.2 Å². The Balaban J connectivity index is 2.77. The second kappa shape index (κ2) is 56.6. The van der Waals surface area contributed by atoms with Crippen molar-refractivity contribution in [3.05, 3.63) is 170 Å². The van der Waals surface area contributed by atoms with Gasteiger partial charge in [-0.2, -0.15) is 0 Å². The number of carboxylic acids is 1. The summed E-state index contributed by atoms with van der Waals surface area (Å²) in [5.41, 5.74) is 0. The van der Waals surface area contributed by atoms with Crippen molar-refractivity contribution in [2.24, 2.45) is 0 Å². The zero-order valence-electron chi connectivity index (χ0n) is 50.9. The molecule has 6 atom stereocenters. The molecule has 1 aliphatic heterocycles. The molecule has 462 valence electrons. The zero-order valence-corrected chi connectivity index (χ0v) is 50.9. The van der Waals surface area contributed by atoms with Gasteiger partial charge in [0, 0.05) is 19.3 Å². The number of unbranched alkanes of at least 4 members (excludes halogenated alkanes) is 8.